The van der Waals surface area contributed by atoms with Crippen LogP contribution in [0.5, 0.6) is 0 Å². The highest BCUT2D eigenvalue weighted by Gasteiger charge is 2.19. The summed E-state index contributed by atoms with van der Waals surface area (Å²) in [7, 11) is -3.44. The molecule has 2 rings (SSSR count). The number of aliphatic hydroxyl groups excluding tert-OH is 1. The van der Waals surface area contributed by atoms with Gasteiger partial charge in [0.15, 0.2) is 0 Å². The first-order chi connectivity index (χ1) is 9.96. The second-order valence-electron chi connectivity index (χ2n) is 5.03. The van der Waals surface area contributed by atoms with Crippen LogP contribution >= 0.6 is 0 Å². The second-order valence-corrected chi connectivity index (χ2v) is 6.78. The molecule has 0 radical (unpaired) electrons. The summed E-state index contributed by atoms with van der Waals surface area (Å²) in [5, 5.41) is 9.94. The fourth-order valence-electron chi connectivity index (χ4n) is 2.12. The Morgan fingerprint density at radius 1 is 1.19 bits per heavy atom. The summed E-state index contributed by atoms with van der Waals surface area (Å²) in [6.07, 6.45) is 0.902. The van der Waals surface area contributed by atoms with Gasteiger partial charge in [0.25, 0.3) is 0 Å². The van der Waals surface area contributed by atoms with Crippen molar-refractivity contribution < 1.29 is 17.9 Å². The number of furan rings is 1. The van der Waals surface area contributed by atoms with Gasteiger partial charge in [-0.15, -0.1) is 0 Å². The Kier molecular flexibility index (Phi) is 5.17. The van der Waals surface area contributed by atoms with Crippen LogP contribution in [0, 0.1) is 0 Å². The number of aliphatic hydroxyl groups is 1. The molecule has 0 unspecified atom stereocenters. The summed E-state index contributed by atoms with van der Waals surface area (Å²) in [6.45, 7) is 1.72. The van der Waals surface area contributed by atoms with Crippen molar-refractivity contribution in [2.75, 3.05) is 0 Å². The van der Waals surface area contributed by atoms with Crippen molar-refractivity contribution >= 4 is 10.0 Å². The summed E-state index contributed by atoms with van der Waals surface area (Å²) in [4.78, 5) is 0. The van der Waals surface area contributed by atoms with Crippen molar-refractivity contribution in [2.45, 2.75) is 31.2 Å². The van der Waals surface area contributed by atoms with E-state index >= 15 is 0 Å². The standard InChI is InChI=1S/C15H19NO4S/c1-12(10-14(17)15-8-5-9-20-15)16-21(18,19)11-13-6-3-2-4-7-13/h2-9,12,14,16-17H,10-11H2,1H3/t12-,14+/m0/s1. The van der Waals surface area contributed by atoms with Gasteiger partial charge in [-0.1, -0.05) is 30.3 Å². The molecule has 0 spiro atoms. The van der Waals surface area contributed by atoms with Gasteiger partial charge in [-0.05, 0) is 31.0 Å². The summed E-state index contributed by atoms with van der Waals surface area (Å²) in [5.74, 6) is 0.360. The lowest BCUT2D eigenvalue weighted by atomic mass is 10.1. The molecule has 2 atom stereocenters. The van der Waals surface area contributed by atoms with E-state index in [2.05, 4.69) is 4.72 Å². The molecule has 1 aromatic carbocycles. The SMILES string of the molecule is C[C@@H](C[C@@H](O)c1ccco1)NS(=O)(=O)Cc1ccccc1. The molecule has 2 N–H and O–H groups in total. The minimum Gasteiger partial charge on any atom is -0.467 e. The number of benzene rings is 1. The lowest BCUT2D eigenvalue weighted by Crippen LogP contribution is -2.34. The smallest absolute Gasteiger partial charge is 0.216 e. The molecular weight excluding hydrogens is 290 g/mol. The maximum absolute atomic E-state index is 12.1. The Labute approximate surface area is 124 Å². The molecule has 0 amide bonds. The largest absolute Gasteiger partial charge is 0.467 e. The molecule has 114 valence electrons. The molecule has 1 heterocycles. The van der Waals surface area contributed by atoms with Crippen LogP contribution in [0.1, 0.15) is 30.8 Å². The average molecular weight is 309 g/mol. The molecule has 1 aromatic heterocycles. The molecule has 0 saturated carbocycles. The quantitative estimate of drug-likeness (QED) is 0.822. The lowest BCUT2D eigenvalue weighted by Gasteiger charge is -2.16. The number of nitrogens with one attached hydrogen (secondary N) is 1. The van der Waals surface area contributed by atoms with Crippen LogP contribution in [-0.2, 0) is 15.8 Å². The van der Waals surface area contributed by atoms with Crippen molar-refractivity contribution in [3.05, 3.63) is 60.1 Å². The molecule has 0 saturated heterocycles. The van der Waals surface area contributed by atoms with Gasteiger partial charge in [0.1, 0.15) is 11.9 Å². The molecule has 5 nitrogen and oxygen atoms in total. The van der Waals surface area contributed by atoms with Crippen molar-refractivity contribution in [1.82, 2.24) is 4.72 Å². The Hall–Kier alpha value is -1.63. The second kappa shape index (κ2) is 6.89. The van der Waals surface area contributed by atoms with Crippen LogP contribution in [0.2, 0.25) is 0 Å². The van der Waals surface area contributed by atoms with Gasteiger partial charge in [0, 0.05) is 6.04 Å². The minimum absolute atomic E-state index is 0.0744. The number of hydrogen-bond donors (Lipinski definition) is 2. The number of hydrogen-bond acceptors (Lipinski definition) is 4. The van der Waals surface area contributed by atoms with E-state index in [0.717, 1.165) is 5.56 Å². The first-order valence-electron chi connectivity index (χ1n) is 6.71. The lowest BCUT2D eigenvalue weighted by molar-refractivity contribution is 0.132. The van der Waals surface area contributed by atoms with E-state index in [0.29, 0.717) is 5.76 Å². The fraction of sp³-hybridized carbons (Fsp3) is 0.333. The van der Waals surface area contributed by atoms with Crippen LogP contribution in [-0.4, -0.2) is 19.6 Å². The van der Waals surface area contributed by atoms with E-state index in [1.165, 1.54) is 6.26 Å². The van der Waals surface area contributed by atoms with Crippen LogP contribution in [0.15, 0.2) is 53.1 Å². The Morgan fingerprint density at radius 2 is 1.90 bits per heavy atom. The number of sulfonamides is 1. The zero-order valence-electron chi connectivity index (χ0n) is 11.8. The van der Waals surface area contributed by atoms with Gasteiger partial charge in [-0.3, -0.25) is 0 Å². The van der Waals surface area contributed by atoms with Crippen LogP contribution in [0.3, 0.4) is 0 Å². The van der Waals surface area contributed by atoms with Gasteiger partial charge < -0.3 is 9.52 Å². The van der Waals surface area contributed by atoms with E-state index in [1.807, 2.05) is 6.07 Å². The monoisotopic (exact) mass is 309 g/mol. The zero-order valence-corrected chi connectivity index (χ0v) is 12.6. The van der Waals surface area contributed by atoms with Crippen molar-refractivity contribution in [2.24, 2.45) is 0 Å². The topological polar surface area (TPSA) is 79.5 Å². The van der Waals surface area contributed by atoms with Gasteiger partial charge >= 0.3 is 0 Å². The highest BCUT2D eigenvalue weighted by molar-refractivity contribution is 7.88. The van der Waals surface area contributed by atoms with Crippen molar-refractivity contribution in [3.63, 3.8) is 0 Å². The third-order valence-corrected chi connectivity index (χ3v) is 4.50. The van der Waals surface area contributed by atoms with Gasteiger partial charge in [-0.25, -0.2) is 13.1 Å². The molecule has 0 aliphatic rings. The molecule has 0 bridgehead atoms. The Morgan fingerprint density at radius 3 is 2.52 bits per heavy atom. The molecule has 0 fully saturated rings. The predicted molar refractivity (Wildman–Crippen MR) is 79.9 cm³/mol. The Balaban J connectivity index is 1.90. The van der Waals surface area contributed by atoms with Gasteiger partial charge in [0.05, 0.1) is 12.0 Å². The van der Waals surface area contributed by atoms with Gasteiger partial charge in [-0.2, -0.15) is 0 Å². The maximum Gasteiger partial charge on any atom is 0.216 e. The van der Waals surface area contributed by atoms with Crippen molar-refractivity contribution in [3.8, 4) is 0 Å². The first kappa shape index (κ1) is 15.8. The summed E-state index contributed by atoms with van der Waals surface area (Å²) in [5.41, 5.74) is 0.726. The van der Waals surface area contributed by atoms with E-state index in [-0.39, 0.29) is 18.2 Å². The highest BCUT2D eigenvalue weighted by atomic mass is 32.2. The summed E-state index contributed by atoms with van der Waals surface area (Å²) in [6, 6.07) is 11.9. The van der Waals surface area contributed by atoms with E-state index < -0.39 is 16.1 Å². The molecule has 6 heteroatoms. The highest BCUT2D eigenvalue weighted by Crippen LogP contribution is 2.19. The van der Waals surface area contributed by atoms with E-state index in [9.17, 15) is 13.5 Å². The van der Waals surface area contributed by atoms with Crippen LogP contribution in [0.25, 0.3) is 0 Å². The molecule has 0 aliphatic carbocycles. The Bertz CT molecular complexity index is 638. The van der Waals surface area contributed by atoms with E-state index in [1.54, 1.807) is 43.3 Å². The molecule has 0 aliphatic heterocycles. The third-order valence-electron chi connectivity index (χ3n) is 3.03. The summed E-state index contributed by atoms with van der Waals surface area (Å²) >= 11 is 0. The van der Waals surface area contributed by atoms with Gasteiger partial charge in [0.2, 0.25) is 10.0 Å². The van der Waals surface area contributed by atoms with E-state index in [4.69, 9.17) is 4.42 Å². The molecular formula is C15H19NO4S. The number of rotatable bonds is 7. The fourth-order valence-corrected chi connectivity index (χ4v) is 3.55. The van der Waals surface area contributed by atoms with Crippen LogP contribution < -0.4 is 4.72 Å². The first-order valence-corrected chi connectivity index (χ1v) is 8.37. The normalized spacial score (nSPS) is 14.8. The predicted octanol–water partition coefficient (Wildman–Crippen LogP) is 2.21. The molecule has 2 aromatic rings. The van der Waals surface area contributed by atoms with Crippen LogP contribution in [0.4, 0.5) is 0 Å². The average Bonchev–Trinajstić information content (AvgIpc) is 2.92. The minimum atomic E-state index is -3.44. The summed E-state index contributed by atoms with van der Waals surface area (Å²) < 4.78 is 31.8. The molecule has 21 heavy (non-hydrogen) atoms. The maximum atomic E-state index is 12.1. The third kappa shape index (κ3) is 5.00. The van der Waals surface area contributed by atoms with Crippen molar-refractivity contribution in [1.29, 1.82) is 0 Å². The zero-order chi connectivity index (χ0) is 15.3.